The molecule has 1 unspecified atom stereocenters. The topological polar surface area (TPSA) is 66.4 Å². The van der Waals surface area contributed by atoms with Crippen LogP contribution in [0, 0.1) is 0 Å². The summed E-state index contributed by atoms with van der Waals surface area (Å²) >= 11 is 0. The third-order valence-electron chi connectivity index (χ3n) is 2.47. The first-order chi connectivity index (χ1) is 8.58. The average molecular weight is 247 g/mol. The van der Waals surface area contributed by atoms with E-state index < -0.39 is 5.97 Å². The third kappa shape index (κ3) is 5.84. The van der Waals surface area contributed by atoms with Crippen LogP contribution in [0.2, 0.25) is 0 Å². The summed E-state index contributed by atoms with van der Waals surface area (Å²) in [6.45, 7) is 1.90. The number of aliphatic carboxylic acids is 1. The number of carboxylic acids is 1. The molecule has 2 N–H and O–H groups in total. The summed E-state index contributed by atoms with van der Waals surface area (Å²) in [6, 6.07) is 10.0. The minimum absolute atomic E-state index is 0.0103. The van der Waals surface area contributed by atoms with Crippen molar-refractivity contribution in [3.05, 3.63) is 48.0 Å². The number of hydrogen-bond donors (Lipinski definition) is 2. The zero-order chi connectivity index (χ0) is 13.4. The second-order valence-electron chi connectivity index (χ2n) is 4.11. The fourth-order valence-corrected chi connectivity index (χ4v) is 1.54. The Morgan fingerprint density at radius 2 is 1.94 bits per heavy atom. The molecule has 4 heteroatoms. The van der Waals surface area contributed by atoms with Gasteiger partial charge in [0, 0.05) is 18.2 Å². The first-order valence-corrected chi connectivity index (χ1v) is 5.83. The van der Waals surface area contributed by atoms with Gasteiger partial charge in [0.25, 0.3) is 0 Å². The van der Waals surface area contributed by atoms with E-state index in [1.54, 1.807) is 0 Å². The average Bonchev–Trinajstić information content (AvgIpc) is 2.35. The second kappa shape index (κ2) is 7.27. The number of rotatable bonds is 6. The Bertz CT molecular complexity index is 426. The normalized spacial score (nSPS) is 12.3. The Kier molecular flexibility index (Phi) is 5.64. The molecule has 1 amide bonds. The molecule has 0 fully saturated rings. The van der Waals surface area contributed by atoms with E-state index in [9.17, 15) is 9.59 Å². The van der Waals surface area contributed by atoms with Crippen molar-refractivity contribution in [3.8, 4) is 0 Å². The highest BCUT2D eigenvalue weighted by Crippen LogP contribution is 2.04. The van der Waals surface area contributed by atoms with Crippen LogP contribution in [0.3, 0.4) is 0 Å². The largest absolute Gasteiger partial charge is 0.478 e. The molecular formula is C14H17NO3. The highest BCUT2D eigenvalue weighted by Gasteiger charge is 2.05. The number of carbonyl (C=O) groups is 2. The summed E-state index contributed by atoms with van der Waals surface area (Å²) in [7, 11) is 0. The van der Waals surface area contributed by atoms with Crippen LogP contribution in [-0.4, -0.2) is 23.0 Å². The predicted molar refractivity (Wildman–Crippen MR) is 69.1 cm³/mol. The van der Waals surface area contributed by atoms with Gasteiger partial charge >= 0.3 is 5.97 Å². The van der Waals surface area contributed by atoms with Gasteiger partial charge < -0.3 is 10.4 Å². The van der Waals surface area contributed by atoms with Crippen LogP contribution in [-0.2, 0) is 16.0 Å². The van der Waals surface area contributed by atoms with Crippen LogP contribution in [0.25, 0.3) is 0 Å². The van der Waals surface area contributed by atoms with Crippen molar-refractivity contribution in [2.75, 3.05) is 0 Å². The first-order valence-electron chi connectivity index (χ1n) is 5.83. The minimum Gasteiger partial charge on any atom is -0.478 e. The van der Waals surface area contributed by atoms with Crippen molar-refractivity contribution in [1.82, 2.24) is 5.32 Å². The number of benzene rings is 1. The van der Waals surface area contributed by atoms with Crippen LogP contribution in [0.4, 0.5) is 0 Å². The molecular weight excluding hydrogens is 230 g/mol. The molecule has 0 heterocycles. The van der Waals surface area contributed by atoms with Gasteiger partial charge in [-0.3, -0.25) is 4.79 Å². The third-order valence-corrected chi connectivity index (χ3v) is 2.47. The SMILES string of the molecule is CC(CCc1ccccc1)NC(=O)/C=C/C(=O)O. The Hall–Kier alpha value is -2.10. The molecule has 0 radical (unpaired) electrons. The van der Waals surface area contributed by atoms with E-state index in [-0.39, 0.29) is 11.9 Å². The van der Waals surface area contributed by atoms with Gasteiger partial charge in [0.1, 0.15) is 0 Å². The fourth-order valence-electron chi connectivity index (χ4n) is 1.54. The molecule has 0 aliphatic rings. The van der Waals surface area contributed by atoms with Gasteiger partial charge in [-0.05, 0) is 25.3 Å². The summed E-state index contributed by atoms with van der Waals surface area (Å²) in [4.78, 5) is 21.5. The number of carbonyl (C=O) groups excluding carboxylic acids is 1. The monoisotopic (exact) mass is 247 g/mol. The van der Waals surface area contributed by atoms with Crippen LogP contribution in [0.1, 0.15) is 18.9 Å². The summed E-state index contributed by atoms with van der Waals surface area (Å²) in [6.07, 6.45) is 3.56. The molecule has 0 aliphatic carbocycles. The molecule has 0 saturated carbocycles. The van der Waals surface area contributed by atoms with E-state index in [0.717, 1.165) is 25.0 Å². The van der Waals surface area contributed by atoms with Crippen molar-refractivity contribution in [1.29, 1.82) is 0 Å². The lowest BCUT2D eigenvalue weighted by Gasteiger charge is -2.12. The van der Waals surface area contributed by atoms with E-state index in [4.69, 9.17) is 5.11 Å². The summed E-state index contributed by atoms with van der Waals surface area (Å²) < 4.78 is 0. The molecule has 1 atom stereocenters. The molecule has 1 rings (SSSR count). The van der Waals surface area contributed by atoms with Gasteiger partial charge in [-0.15, -0.1) is 0 Å². The maximum Gasteiger partial charge on any atom is 0.328 e. The highest BCUT2D eigenvalue weighted by atomic mass is 16.4. The van der Waals surface area contributed by atoms with Gasteiger partial charge in [-0.25, -0.2) is 4.79 Å². The second-order valence-corrected chi connectivity index (χ2v) is 4.11. The van der Waals surface area contributed by atoms with Crippen molar-refractivity contribution in [3.63, 3.8) is 0 Å². The van der Waals surface area contributed by atoms with Crippen LogP contribution < -0.4 is 5.32 Å². The lowest BCUT2D eigenvalue weighted by molar-refractivity contribution is -0.131. The van der Waals surface area contributed by atoms with Crippen molar-refractivity contribution < 1.29 is 14.7 Å². The molecule has 0 saturated heterocycles. The zero-order valence-electron chi connectivity index (χ0n) is 10.3. The molecule has 0 aliphatic heterocycles. The molecule has 1 aromatic rings. The van der Waals surface area contributed by atoms with E-state index >= 15 is 0 Å². The summed E-state index contributed by atoms with van der Waals surface area (Å²) in [5, 5.41) is 11.1. The van der Waals surface area contributed by atoms with Crippen LogP contribution in [0.15, 0.2) is 42.5 Å². The molecule has 0 bridgehead atoms. The predicted octanol–water partition coefficient (Wildman–Crippen LogP) is 1.76. The number of carboxylic acid groups (broad SMARTS) is 1. The number of hydrogen-bond acceptors (Lipinski definition) is 2. The molecule has 18 heavy (non-hydrogen) atoms. The zero-order valence-corrected chi connectivity index (χ0v) is 10.3. The summed E-state index contributed by atoms with van der Waals surface area (Å²) in [5.41, 5.74) is 1.22. The van der Waals surface area contributed by atoms with Crippen LogP contribution >= 0.6 is 0 Å². The minimum atomic E-state index is -1.12. The fraction of sp³-hybridized carbons (Fsp3) is 0.286. The number of amides is 1. The molecule has 0 spiro atoms. The van der Waals surface area contributed by atoms with E-state index in [1.807, 2.05) is 37.3 Å². The Labute approximate surface area is 106 Å². The lowest BCUT2D eigenvalue weighted by Crippen LogP contribution is -2.31. The Morgan fingerprint density at radius 1 is 1.28 bits per heavy atom. The van der Waals surface area contributed by atoms with Crippen molar-refractivity contribution in [2.45, 2.75) is 25.8 Å². The molecule has 96 valence electrons. The standard InChI is InChI=1S/C14H17NO3/c1-11(15-13(16)9-10-14(17)18)7-8-12-5-3-2-4-6-12/h2-6,9-11H,7-8H2,1H3,(H,15,16)(H,17,18)/b10-9+. The molecule has 0 aromatic heterocycles. The van der Waals surface area contributed by atoms with Gasteiger partial charge in [0.15, 0.2) is 0 Å². The van der Waals surface area contributed by atoms with Gasteiger partial charge in [-0.1, -0.05) is 30.3 Å². The number of nitrogens with one attached hydrogen (secondary N) is 1. The maximum atomic E-state index is 11.3. The van der Waals surface area contributed by atoms with E-state index in [1.165, 1.54) is 5.56 Å². The Morgan fingerprint density at radius 3 is 2.56 bits per heavy atom. The maximum absolute atomic E-state index is 11.3. The van der Waals surface area contributed by atoms with E-state index in [2.05, 4.69) is 5.32 Å². The van der Waals surface area contributed by atoms with Gasteiger partial charge in [0.2, 0.25) is 5.91 Å². The molecule has 4 nitrogen and oxygen atoms in total. The quantitative estimate of drug-likeness (QED) is 0.753. The molecule has 1 aromatic carbocycles. The number of aryl methyl sites for hydroxylation is 1. The highest BCUT2D eigenvalue weighted by molar-refractivity contribution is 5.93. The van der Waals surface area contributed by atoms with E-state index in [0.29, 0.717) is 0 Å². The smallest absolute Gasteiger partial charge is 0.328 e. The van der Waals surface area contributed by atoms with Crippen molar-refractivity contribution in [2.24, 2.45) is 0 Å². The first kappa shape index (κ1) is 14.0. The lowest BCUT2D eigenvalue weighted by atomic mass is 10.1. The van der Waals surface area contributed by atoms with Crippen molar-refractivity contribution >= 4 is 11.9 Å². The van der Waals surface area contributed by atoms with Gasteiger partial charge in [-0.2, -0.15) is 0 Å². The van der Waals surface area contributed by atoms with Crippen LogP contribution in [0.5, 0.6) is 0 Å². The van der Waals surface area contributed by atoms with Gasteiger partial charge in [0.05, 0.1) is 0 Å². The summed E-state index contributed by atoms with van der Waals surface area (Å²) in [5.74, 6) is -1.50. The Balaban J connectivity index is 2.31.